The Morgan fingerprint density at radius 3 is 2.46 bits per heavy atom. The van der Waals surface area contributed by atoms with Gasteiger partial charge in [0.15, 0.2) is 0 Å². The fraction of sp³-hybridized carbons (Fsp3) is 0.333. The second kappa shape index (κ2) is 5.06. The number of halogens is 3. The highest BCUT2D eigenvalue weighted by Gasteiger charge is 2.08. The standard InChI is InChI=1S/C9H9Cl3O/c10-4-3-9(13)6-1-2-7(11)8(12)5-6/h1-2,5,9,13H,3-4H2/t9-/m1/s1. The zero-order chi connectivity index (χ0) is 9.84. The van der Waals surface area contributed by atoms with Crippen LogP contribution in [-0.2, 0) is 0 Å². The lowest BCUT2D eigenvalue weighted by Gasteiger charge is -2.09. The number of benzene rings is 1. The molecule has 0 saturated carbocycles. The number of aliphatic hydroxyl groups is 1. The molecule has 72 valence electrons. The molecule has 0 aliphatic rings. The molecule has 13 heavy (non-hydrogen) atoms. The fourth-order valence-electron chi connectivity index (χ4n) is 0.990. The second-order valence-corrected chi connectivity index (χ2v) is 3.86. The van der Waals surface area contributed by atoms with Crippen LogP contribution in [0.4, 0.5) is 0 Å². The van der Waals surface area contributed by atoms with Crippen LogP contribution < -0.4 is 0 Å². The molecule has 0 unspecified atom stereocenters. The van der Waals surface area contributed by atoms with Crippen molar-refractivity contribution in [1.82, 2.24) is 0 Å². The Morgan fingerprint density at radius 2 is 1.92 bits per heavy atom. The van der Waals surface area contributed by atoms with E-state index in [1.807, 2.05) is 0 Å². The monoisotopic (exact) mass is 238 g/mol. The molecule has 1 rings (SSSR count). The summed E-state index contributed by atoms with van der Waals surface area (Å²) in [6.07, 6.45) is -0.0493. The van der Waals surface area contributed by atoms with Gasteiger partial charge in [0.25, 0.3) is 0 Å². The van der Waals surface area contributed by atoms with Gasteiger partial charge < -0.3 is 5.11 Å². The van der Waals surface area contributed by atoms with Crippen LogP contribution in [-0.4, -0.2) is 11.0 Å². The van der Waals surface area contributed by atoms with Crippen molar-refractivity contribution in [2.24, 2.45) is 0 Å². The van der Waals surface area contributed by atoms with E-state index in [0.717, 1.165) is 5.56 Å². The molecule has 1 nitrogen and oxygen atoms in total. The van der Waals surface area contributed by atoms with E-state index >= 15 is 0 Å². The predicted octanol–water partition coefficient (Wildman–Crippen LogP) is 3.66. The first-order chi connectivity index (χ1) is 6.15. The molecule has 1 N–H and O–H groups in total. The van der Waals surface area contributed by atoms with E-state index < -0.39 is 6.10 Å². The lowest BCUT2D eigenvalue weighted by molar-refractivity contribution is 0.174. The van der Waals surface area contributed by atoms with Crippen molar-refractivity contribution >= 4 is 34.8 Å². The molecule has 4 heteroatoms. The van der Waals surface area contributed by atoms with Crippen molar-refractivity contribution in [2.45, 2.75) is 12.5 Å². The maximum Gasteiger partial charge on any atom is 0.0802 e. The summed E-state index contributed by atoms with van der Waals surface area (Å²) in [4.78, 5) is 0. The minimum atomic E-state index is -0.563. The van der Waals surface area contributed by atoms with Crippen LogP contribution in [0, 0.1) is 0 Å². The molecule has 0 fully saturated rings. The topological polar surface area (TPSA) is 20.2 Å². The molecule has 0 aromatic heterocycles. The van der Waals surface area contributed by atoms with Gasteiger partial charge in [-0.3, -0.25) is 0 Å². The predicted molar refractivity (Wildman–Crippen MR) is 56.8 cm³/mol. The third-order valence-corrected chi connectivity index (χ3v) is 2.67. The highest BCUT2D eigenvalue weighted by atomic mass is 35.5. The van der Waals surface area contributed by atoms with E-state index in [2.05, 4.69) is 0 Å². The van der Waals surface area contributed by atoms with Crippen molar-refractivity contribution in [3.8, 4) is 0 Å². The summed E-state index contributed by atoms with van der Waals surface area (Å²) in [7, 11) is 0. The van der Waals surface area contributed by atoms with Gasteiger partial charge in [-0.2, -0.15) is 0 Å². The number of hydrogen-bond acceptors (Lipinski definition) is 1. The van der Waals surface area contributed by atoms with Gasteiger partial charge in [-0.1, -0.05) is 29.3 Å². The number of aliphatic hydroxyl groups excluding tert-OH is 1. The summed E-state index contributed by atoms with van der Waals surface area (Å²) in [6, 6.07) is 5.06. The maximum absolute atomic E-state index is 9.55. The van der Waals surface area contributed by atoms with Crippen molar-refractivity contribution < 1.29 is 5.11 Å². The molecule has 0 bridgehead atoms. The first-order valence-corrected chi connectivity index (χ1v) is 5.13. The lowest BCUT2D eigenvalue weighted by Crippen LogP contribution is -1.97. The largest absolute Gasteiger partial charge is 0.388 e. The molecule has 0 radical (unpaired) electrons. The Morgan fingerprint density at radius 1 is 1.23 bits per heavy atom. The Bertz CT molecular complexity index is 288. The van der Waals surface area contributed by atoms with Gasteiger partial charge in [-0.15, -0.1) is 11.6 Å². The highest BCUT2D eigenvalue weighted by Crippen LogP contribution is 2.26. The summed E-state index contributed by atoms with van der Waals surface area (Å²) >= 11 is 17.0. The molecular weight excluding hydrogens is 230 g/mol. The Balaban J connectivity index is 2.84. The summed E-state index contributed by atoms with van der Waals surface area (Å²) < 4.78 is 0. The Hall–Kier alpha value is 0.0500. The van der Waals surface area contributed by atoms with E-state index in [0.29, 0.717) is 22.3 Å². The number of hydrogen-bond donors (Lipinski definition) is 1. The van der Waals surface area contributed by atoms with Crippen molar-refractivity contribution in [3.63, 3.8) is 0 Å². The average Bonchev–Trinajstić information content (AvgIpc) is 2.10. The molecule has 0 amide bonds. The zero-order valence-corrected chi connectivity index (χ0v) is 9.07. The van der Waals surface area contributed by atoms with Crippen LogP contribution in [0.1, 0.15) is 18.1 Å². The van der Waals surface area contributed by atoms with Crippen LogP contribution in [0.25, 0.3) is 0 Å². The van der Waals surface area contributed by atoms with E-state index in [4.69, 9.17) is 34.8 Å². The Kier molecular flexibility index (Phi) is 4.33. The molecule has 0 aliphatic heterocycles. The molecule has 0 spiro atoms. The van der Waals surface area contributed by atoms with Crippen molar-refractivity contribution in [2.75, 3.05) is 5.88 Å². The lowest BCUT2D eigenvalue weighted by atomic mass is 10.1. The van der Waals surface area contributed by atoms with Crippen LogP contribution in [0.3, 0.4) is 0 Å². The molecule has 1 aromatic carbocycles. The second-order valence-electron chi connectivity index (χ2n) is 2.67. The van der Waals surface area contributed by atoms with Gasteiger partial charge >= 0.3 is 0 Å². The minimum absolute atomic E-state index is 0.418. The third-order valence-electron chi connectivity index (χ3n) is 1.71. The smallest absolute Gasteiger partial charge is 0.0802 e. The van der Waals surface area contributed by atoms with Crippen LogP contribution in [0.2, 0.25) is 10.0 Å². The van der Waals surface area contributed by atoms with E-state index in [1.54, 1.807) is 18.2 Å². The van der Waals surface area contributed by atoms with Gasteiger partial charge in [-0.05, 0) is 24.1 Å². The fourth-order valence-corrected chi connectivity index (χ4v) is 1.50. The molecule has 1 aromatic rings. The Labute approximate surface area is 92.2 Å². The quantitative estimate of drug-likeness (QED) is 0.798. The third kappa shape index (κ3) is 3.03. The molecule has 0 aliphatic carbocycles. The van der Waals surface area contributed by atoms with Gasteiger partial charge in [0, 0.05) is 5.88 Å². The minimum Gasteiger partial charge on any atom is -0.388 e. The summed E-state index contributed by atoms with van der Waals surface area (Å²) in [6.45, 7) is 0. The number of alkyl halides is 1. The summed E-state index contributed by atoms with van der Waals surface area (Å²) in [5.74, 6) is 0.418. The summed E-state index contributed by atoms with van der Waals surface area (Å²) in [5.41, 5.74) is 0.745. The van der Waals surface area contributed by atoms with Crippen LogP contribution in [0.5, 0.6) is 0 Å². The molecule has 1 atom stereocenters. The first kappa shape index (κ1) is 11.1. The van der Waals surface area contributed by atoms with E-state index in [1.165, 1.54) is 0 Å². The molecule has 0 saturated heterocycles. The SMILES string of the molecule is O[C@H](CCCl)c1ccc(Cl)c(Cl)c1. The van der Waals surface area contributed by atoms with Gasteiger partial charge in [0.2, 0.25) is 0 Å². The first-order valence-electron chi connectivity index (χ1n) is 3.84. The van der Waals surface area contributed by atoms with Gasteiger partial charge in [0.05, 0.1) is 16.1 Å². The van der Waals surface area contributed by atoms with Crippen molar-refractivity contribution in [3.05, 3.63) is 33.8 Å². The van der Waals surface area contributed by atoms with Crippen LogP contribution >= 0.6 is 34.8 Å². The van der Waals surface area contributed by atoms with Crippen molar-refractivity contribution in [1.29, 1.82) is 0 Å². The summed E-state index contributed by atoms with van der Waals surface area (Å²) in [5, 5.41) is 10.5. The van der Waals surface area contributed by atoms with Crippen LogP contribution in [0.15, 0.2) is 18.2 Å². The highest BCUT2D eigenvalue weighted by molar-refractivity contribution is 6.42. The zero-order valence-electron chi connectivity index (χ0n) is 6.80. The van der Waals surface area contributed by atoms with Gasteiger partial charge in [0.1, 0.15) is 0 Å². The molecular formula is C9H9Cl3O. The van der Waals surface area contributed by atoms with E-state index in [-0.39, 0.29) is 0 Å². The number of rotatable bonds is 3. The maximum atomic E-state index is 9.55. The van der Waals surface area contributed by atoms with E-state index in [9.17, 15) is 5.11 Å². The average molecular weight is 240 g/mol. The van der Waals surface area contributed by atoms with Gasteiger partial charge in [-0.25, -0.2) is 0 Å². The normalized spacial score (nSPS) is 12.9. The molecule has 0 heterocycles.